The van der Waals surface area contributed by atoms with Gasteiger partial charge in [0.2, 0.25) is 11.6 Å². The molecule has 0 radical (unpaired) electrons. The number of hydrogen-bond acceptors (Lipinski definition) is 6. The van der Waals surface area contributed by atoms with Crippen LogP contribution in [-0.2, 0) is 16.1 Å². The molecule has 174 valence electrons. The average molecular weight is 502 g/mol. The van der Waals surface area contributed by atoms with E-state index in [2.05, 4.69) is 4.99 Å². The molecule has 0 aliphatic carbocycles. The van der Waals surface area contributed by atoms with Gasteiger partial charge in [0.1, 0.15) is 12.4 Å². The lowest BCUT2D eigenvalue weighted by Crippen LogP contribution is -2.06. The summed E-state index contributed by atoms with van der Waals surface area (Å²) in [4.78, 5) is 16.7. The van der Waals surface area contributed by atoms with Crippen LogP contribution in [0.2, 0.25) is 10.0 Å². The van der Waals surface area contributed by atoms with Crippen LogP contribution < -0.4 is 14.2 Å². The van der Waals surface area contributed by atoms with E-state index in [1.165, 1.54) is 32.4 Å². The first-order valence-corrected chi connectivity index (χ1v) is 10.7. The highest BCUT2D eigenvalue weighted by molar-refractivity contribution is 6.36. The average Bonchev–Trinajstić information content (AvgIpc) is 3.18. The fraction of sp³-hybridized carbons (Fsp3) is 0.120. The van der Waals surface area contributed by atoms with Crippen LogP contribution in [0.15, 0.2) is 65.3 Å². The second-order valence-electron chi connectivity index (χ2n) is 7.13. The van der Waals surface area contributed by atoms with Crippen molar-refractivity contribution in [1.29, 1.82) is 0 Å². The number of carbonyl (C=O) groups is 1. The molecule has 6 nitrogen and oxygen atoms in total. The maximum absolute atomic E-state index is 13.5. The highest BCUT2D eigenvalue weighted by Crippen LogP contribution is 2.40. The molecule has 0 amide bonds. The van der Waals surface area contributed by atoms with E-state index in [9.17, 15) is 9.18 Å². The Morgan fingerprint density at radius 3 is 2.44 bits per heavy atom. The molecule has 34 heavy (non-hydrogen) atoms. The molecule has 3 aromatic rings. The highest BCUT2D eigenvalue weighted by atomic mass is 35.5. The van der Waals surface area contributed by atoms with Gasteiger partial charge < -0.3 is 18.9 Å². The van der Waals surface area contributed by atoms with Crippen LogP contribution in [0.3, 0.4) is 0 Å². The molecule has 3 aromatic carbocycles. The van der Waals surface area contributed by atoms with Gasteiger partial charge in [0.05, 0.1) is 24.8 Å². The summed E-state index contributed by atoms with van der Waals surface area (Å²) >= 11 is 12.2. The Bertz CT molecular complexity index is 1300. The van der Waals surface area contributed by atoms with Crippen molar-refractivity contribution in [2.24, 2.45) is 4.99 Å². The summed E-state index contributed by atoms with van der Waals surface area (Å²) in [7, 11) is 2.95. The molecular formula is C25H18Cl2FNO5. The minimum absolute atomic E-state index is 0.0535. The van der Waals surface area contributed by atoms with Gasteiger partial charge in [0.25, 0.3) is 0 Å². The SMILES string of the molecule is COc1cc(/C=C2/N=C(c3cc(Cl)ccc3Cl)OC2=O)cc(OC)c1OCc1cccc(F)c1. The second-order valence-corrected chi connectivity index (χ2v) is 7.98. The number of ether oxygens (including phenoxy) is 4. The van der Waals surface area contributed by atoms with Crippen LogP contribution in [0.5, 0.6) is 17.2 Å². The standard InChI is InChI=1S/C25H18Cl2FNO5/c1-31-21-10-15(11-22(32-2)23(21)33-13-14-4-3-5-17(28)8-14)9-20-25(30)34-24(29-20)18-12-16(26)6-7-19(18)27/h3-12H,13H2,1-2H3/b20-9+. The van der Waals surface area contributed by atoms with Gasteiger partial charge >= 0.3 is 5.97 Å². The number of hydrogen-bond donors (Lipinski definition) is 0. The summed E-state index contributed by atoms with van der Waals surface area (Å²) in [6.07, 6.45) is 1.52. The van der Waals surface area contributed by atoms with Gasteiger partial charge in [0.15, 0.2) is 17.2 Å². The van der Waals surface area contributed by atoms with E-state index in [1.54, 1.807) is 42.5 Å². The molecule has 4 rings (SSSR count). The molecule has 9 heteroatoms. The molecule has 0 fully saturated rings. The lowest BCUT2D eigenvalue weighted by Gasteiger charge is -2.15. The summed E-state index contributed by atoms with van der Waals surface area (Å²) in [5.74, 6) is 0.102. The van der Waals surface area contributed by atoms with Crippen LogP contribution in [0.4, 0.5) is 4.39 Å². The van der Waals surface area contributed by atoms with Crippen LogP contribution in [0, 0.1) is 5.82 Å². The zero-order valence-corrected chi connectivity index (χ0v) is 19.6. The summed E-state index contributed by atoms with van der Waals surface area (Å²) in [6.45, 7) is 0.102. The third kappa shape index (κ3) is 5.16. The number of halogens is 3. The monoisotopic (exact) mass is 501 g/mol. The molecular weight excluding hydrogens is 484 g/mol. The lowest BCUT2D eigenvalue weighted by molar-refractivity contribution is -0.129. The van der Waals surface area contributed by atoms with E-state index < -0.39 is 5.97 Å². The summed E-state index contributed by atoms with van der Waals surface area (Å²) in [5, 5.41) is 0.777. The number of nitrogens with zero attached hydrogens (tertiary/aromatic N) is 1. The highest BCUT2D eigenvalue weighted by Gasteiger charge is 2.26. The van der Waals surface area contributed by atoms with Crippen molar-refractivity contribution in [2.75, 3.05) is 14.2 Å². The number of rotatable bonds is 7. The van der Waals surface area contributed by atoms with E-state index >= 15 is 0 Å². The van der Waals surface area contributed by atoms with Gasteiger partial charge in [-0.2, -0.15) is 0 Å². The summed E-state index contributed by atoms with van der Waals surface area (Å²) in [5.41, 5.74) is 1.66. The van der Waals surface area contributed by atoms with Crippen molar-refractivity contribution in [1.82, 2.24) is 0 Å². The Labute approximate surface area is 205 Å². The summed E-state index contributed by atoms with van der Waals surface area (Å²) < 4.78 is 35.5. The first kappa shape index (κ1) is 23.6. The van der Waals surface area contributed by atoms with E-state index in [0.29, 0.717) is 44.0 Å². The predicted octanol–water partition coefficient (Wildman–Crippen LogP) is 6.07. The van der Waals surface area contributed by atoms with E-state index in [1.807, 2.05) is 0 Å². The normalized spacial score (nSPS) is 14.1. The Morgan fingerprint density at radius 1 is 1.03 bits per heavy atom. The first-order chi connectivity index (χ1) is 16.4. The van der Waals surface area contributed by atoms with Gasteiger partial charge in [0, 0.05) is 5.02 Å². The molecule has 0 saturated heterocycles. The largest absolute Gasteiger partial charge is 0.493 e. The number of methoxy groups -OCH3 is 2. The Kier molecular flexibility index (Phi) is 7.05. The Hall–Kier alpha value is -3.55. The maximum Gasteiger partial charge on any atom is 0.363 e. The zero-order valence-electron chi connectivity index (χ0n) is 18.1. The summed E-state index contributed by atoms with van der Waals surface area (Å²) in [6, 6.07) is 14.2. The van der Waals surface area contributed by atoms with Crippen molar-refractivity contribution in [3.8, 4) is 17.2 Å². The van der Waals surface area contributed by atoms with Gasteiger partial charge in [-0.1, -0.05) is 35.3 Å². The van der Waals surface area contributed by atoms with Crippen molar-refractivity contribution in [3.63, 3.8) is 0 Å². The molecule has 1 aliphatic rings. The molecule has 0 bridgehead atoms. The molecule has 1 heterocycles. The quantitative estimate of drug-likeness (QED) is 0.290. The molecule has 1 aliphatic heterocycles. The minimum Gasteiger partial charge on any atom is -0.493 e. The number of aliphatic imine (C=N–C) groups is 1. The Balaban J connectivity index is 1.65. The predicted molar refractivity (Wildman–Crippen MR) is 127 cm³/mol. The maximum atomic E-state index is 13.5. The van der Waals surface area contributed by atoms with Crippen LogP contribution in [0.1, 0.15) is 16.7 Å². The number of benzene rings is 3. The topological polar surface area (TPSA) is 66.4 Å². The van der Waals surface area contributed by atoms with E-state index in [4.69, 9.17) is 42.1 Å². The number of cyclic esters (lactones) is 1. The fourth-order valence-electron chi connectivity index (χ4n) is 3.25. The van der Waals surface area contributed by atoms with Gasteiger partial charge in [-0.25, -0.2) is 14.2 Å². The van der Waals surface area contributed by atoms with Gasteiger partial charge in [-0.05, 0) is 59.7 Å². The molecule has 0 spiro atoms. The lowest BCUT2D eigenvalue weighted by atomic mass is 10.1. The van der Waals surface area contributed by atoms with Gasteiger partial charge in [-0.15, -0.1) is 0 Å². The first-order valence-electron chi connectivity index (χ1n) is 9.99. The van der Waals surface area contributed by atoms with Gasteiger partial charge in [-0.3, -0.25) is 0 Å². The molecule has 0 unspecified atom stereocenters. The minimum atomic E-state index is -0.643. The van der Waals surface area contributed by atoms with Crippen molar-refractivity contribution < 1.29 is 28.1 Å². The van der Waals surface area contributed by atoms with Crippen LogP contribution in [-0.4, -0.2) is 26.1 Å². The van der Waals surface area contributed by atoms with E-state index in [0.717, 1.165) is 0 Å². The van der Waals surface area contributed by atoms with Crippen molar-refractivity contribution in [2.45, 2.75) is 6.61 Å². The Morgan fingerprint density at radius 2 is 1.76 bits per heavy atom. The van der Waals surface area contributed by atoms with E-state index in [-0.39, 0.29) is 24.0 Å². The molecule has 0 atom stereocenters. The van der Waals surface area contributed by atoms with Crippen molar-refractivity contribution >= 4 is 41.1 Å². The number of esters is 1. The van der Waals surface area contributed by atoms with Crippen molar-refractivity contribution in [3.05, 3.63) is 92.8 Å². The van der Waals surface area contributed by atoms with Crippen LogP contribution >= 0.6 is 23.2 Å². The third-order valence-corrected chi connectivity index (χ3v) is 5.40. The molecule has 0 N–H and O–H groups in total. The smallest absolute Gasteiger partial charge is 0.363 e. The second kappa shape index (κ2) is 10.2. The molecule has 0 saturated carbocycles. The number of carbonyl (C=O) groups excluding carboxylic acids is 1. The zero-order chi connectivity index (χ0) is 24.2. The fourth-order valence-corrected chi connectivity index (χ4v) is 3.62. The molecule has 0 aromatic heterocycles. The third-order valence-electron chi connectivity index (χ3n) is 4.84. The van der Waals surface area contributed by atoms with Crippen LogP contribution in [0.25, 0.3) is 6.08 Å².